The highest BCUT2D eigenvalue weighted by molar-refractivity contribution is 5.98. The summed E-state index contributed by atoms with van der Waals surface area (Å²) in [5.41, 5.74) is 0.963. The van der Waals surface area contributed by atoms with Gasteiger partial charge in [-0.3, -0.25) is 9.59 Å². The van der Waals surface area contributed by atoms with Crippen molar-refractivity contribution in [1.29, 1.82) is 0 Å². The van der Waals surface area contributed by atoms with E-state index in [9.17, 15) is 14.7 Å². The molecule has 230 valence electrons. The number of rotatable bonds is 11. The third kappa shape index (κ3) is 7.09. The summed E-state index contributed by atoms with van der Waals surface area (Å²) in [7, 11) is 1.61. The largest absolute Gasteiger partial charge is 0.494 e. The topological polar surface area (TPSA) is 115 Å². The molecule has 10 nitrogen and oxygen atoms in total. The number of piperazine rings is 1. The molecule has 1 aromatic heterocycles. The second-order valence-electron chi connectivity index (χ2n) is 11.3. The molecule has 2 aliphatic rings. The van der Waals surface area contributed by atoms with Crippen molar-refractivity contribution in [2.24, 2.45) is 0 Å². The van der Waals surface area contributed by atoms with Gasteiger partial charge in [0.05, 0.1) is 31.3 Å². The normalized spacial score (nSPS) is 22.3. The zero-order valence-corrected chi connectivity index (χ0v) is 25.0. The van der Waals surface area contributed by atoms with Gasteiger partial charge < -0.3 is 34.1 Å². The third-order valence-electron chi connectivity index (χ3n) is 8.41. The fourth-order valence-electron chi connectivity index (χ4n) is 6.20. The molecule has 0 spiro atoms. The van der Waals surface area contributed by atoms with Gasteiger partial charge in [0.15, 0.2) is 5.69 Å². The van der Waals surface area contributed by atoms with Crippen molar-refractivity contribution in [3.05, 3.63) is 66.6 Å². The van der Waals surface area contributed by atoms with E-state index in [1.54, 1.807) is 44.6 Å². The molecule has 43 heavy (non-hydrogen) atoms. The van der Waals surface area contributed by atoms with E-state index in [2.05, 4.69) is 5.32 Å². The summed E-state index contributed by atoms with van der Waals surface area (Å²) in [6, 6.07) is 16.5. The molecule has 3 atom stereocenters. The van der Waals surface area contributed by atoms with Crippen molar-refractivity contribution in [3.8, 4) is 22.8 Å². The fraction of sp³-hybridized carbons (Fsp3) is 0.485. The summed E-state index contributed by atoms with van der Waals surface area (Å²) < 4.78 is 18.7. The summed E-state index contributed by atoms with van der Waals surface area (Å²) in [6.07, 6.45) is 5.98. The second kappa shape index (κ2) is 14.2. The predicted octanol–water partition coefficient (Wildman–Crippen LogP) is 4.24. The third-order valence-corrected chi connectivity index (χ3v) is 8.41. The number of hydrogen-bond acceptors (Lipinski definition) is 8. The van der Waals surface area contributed by atoms with Gasteiger partial charge in [0.2, 0.25) is 0 Å². The van der Waals surface area contributed by atoms with E-state index >= 15 is 0 Å². The van der Waals surface area contributed by atoms with E-state index in [0.29, 0.717) is 62.7 Å². The smallest absolute Gasteiger partial charge is 0.310 e. The van der Waals surface area contributed by atoms with Gasteiger partial charge in [-0.1, -0.05) is 50.1 Å². The van der Waals surface area contributed by atoms with Crippen LogP contribution >= 0.6 is 0 Å². The van der Waals surface area contributed by atoms with E-state index in [-0.39, 0.29) is 30.6 Å². The molecule has 5 rings (SSSR count). The molecule has 2 N–H and O–H groups in total. The molecule has 0 bridgehead atoms. The number of methoxy groups -OCH3 is 1. The summed E-state index contributed by atoms with van der Waals surface area (Å²) in [6.45, 7) is 4.29. The Kier molecular flexibility index (Phi) is 10.1. The van der Waals surface area contributed by atoms with E-state index < -0.39 is 5.60 Å². The lowest BCUT2D eigenvalue weighted by molar-refractivity contribution is -0.134. The first-order valence-electron chi connectivity index (χ1n) is 15.2. The second-order valence-corrected chi connectivity index (χ2v) is 11.3. The Morgan fingerprint density at radius 2 is 1.86 bits per heavy atom. The maximum absolute atomic E-state index is 14.2. The molecule has 1 aliphatic heterocycles. The first kappa shape index (κ1) is 30.7. The van der Waals surface area contributed by atoms with Crippen LogP contribution in [0.15, 0.2) is 60.9 Å². The first-order chi connectivity index (χ1) is 20.9. The monoisotopic (exact) mass is 590 g/mol. The number of amides is 1. The molecule has 0 unspecified atom stereocenters. The van der Waals surface area contributed by atoms with Crippen molar-refractivity contribution < 1.29 is 28.9 Å². The SMILES string of the molecule is CCC(=O)Oc1ccc(OCC[C@@H]2CNCCN2C(=O)c2ncn([C@@H]3CCCC[C@@]3(O)COC)c2-c2ccccc2)cc1. The number of aliphatic hydroxyl groups is 1. The van der Waals surface area contributed by atoms with E-state index in [1.807, 2.05) is 39.8 Å². The molecule has 1 amide bonds. The zero-order chi connectivity index (χ0) is 30.2. The van der Waals surface area contributed by atoms with Crippen molar-refractivity contribution in [1.82, 2.24) is 19.8 Å². The predicted molar refractivity (Wildman–Crippen MR) is 162 cm³/mol. The minimum absolute atomic E-state index is 0.0834. The number of imidazole rings is 1. The lowest BCUT2D eigenvalue weighted by atomic mass is 9.80. The minimum atomic E-state index is -1.04. The van der Waals surface area contributed by atoms with Crippen molar-refractivity contribution in [2.75, 3.05) is 40.0 Å². The number of nitrogens with zero attached hydrogens (tertiary/aromatic N) is 3. The van der Waals surface area contributed by atoms with Crippen LogP contribution in [-0.2, 0) is 9.53 Å². The number of hydrogen-bond donors (Lipinski definition) is 2. The van der Waals surface area contributed by atoms with Crippen LogP contribution in [0.1, 0.15) is 62.0 Å². The van der Waals surface area contributed by atoms with Gasteiger partial charge in [-0.2, -0.15) is 0 Å². The van der Waals surface area contributed by atoms with E-state index in [1.165, 1.54) is 0 Å². The molecular formula is C33H42N4O6. The lowest BCUT2D eigenvalue weighted by Gasteiger charge is -2.41. The number of carbonyl (C=O) groups excluding carboxylic acids is 2. The van der Waals surface area contributed by atoms with Gasteiger partial charge >= 0.3 is 5.97 Å². The van der Waals surface area contributed by atoms with Crippen LogP contribution in [0.25, 0.3) is 11.3 Å². The number of nitrogens with one attached hydrogen (secondary N) is 1. The quantitative estimate of drug-likeness (QED) is 0.252. The van der Waals surface area contributed by atoms with Crippen molar-refractivity contribution in [3.63, 3.8) is 0 Å². The standard InChI is InChI=1S/C33H42N4O6/c1-3-29(38)43-27-14-12-26(13-15-27)42-20-16-25-21-34-18-19-36(25)32(39)30-31(24-9-5-4-6-10-24)37(23-35-30)28-11-7-8-17-33(28,40)22-41-2/h4-6,9-10,12-15,23,25,28,34,40H,3,7-8,11,16-22H2,1-2H3/t25-,28-,33-/m1/s1. The average Bonchev–Trinajstić information content (AvgIpc) is 3.47. The van der Waals surface area contributed by atoms with Crippen LogP contribution < -0.4 is 14.8 Å². The van der Waals surface area contributed by atoms with Crippen molar-refractivity contribution in [2.45, 2.75) is 63.1 Å². The summed E-state index contributed by atoms with van der Waals surface area (Å²) in [4.78, 5) is 32.3. The Balaban J connectivity index is 1.34. The van der Waals surface area contributed by atoms with Crippen LogP contribution in [0.2, 0.25) is 0 Å². The van der Waals surface area contributed by atoms with Gasteiger partial charge in [0.25, 0.3) is 5.91 Å². The summed E-state index contributed by atoms with van der Waals surface area (Å²) >= 11 is 0. The first-order valence-corrected chi connectivity index (χ1v) is 15.2. The molecule has 3 aromatic rings. The molecule has 1 aliphatic carbocycles. The maximum atomic E-state index is 14.2. The van der Waals surface area contributed by atoms with Crippen molar-refractivity contribution >= 4 is 11.9 Å². The molecule has 10 heteroatoms. The fourth-order valence-corrected chi connectivity index (χ4v) is 6.20. The lowest BCUT2D eigenvalue weighted by Crippen LogP contribution is -2.54. The highest BCUT2D eigenvalue weighted by Crippen LogP contribution is 2.41. The van der Waals surface area contributed by atoms with Crippen LogP contribution in [0, 0.1) is 0 Å². The number of ether oxygens (including phenoxy) is 3. The summed E-state index contributed by atoms with van der Waals surface area (Å²) in [5, 5.41) is 15.0. The molecule has 0 radical (unpaired) electrons. The Hall–Kier alpha value is -3.73. The van der Waals surface area contributed by atoms with Gasteiger partial charge in [-0.25, -0.2) is 4.98 Å². The van der Waals surface area contributed by atoms with Crippen LogP contribution in [0.5, 0.6) is 11.5 Å². The van der Waals surface area contributed by atoms with Crippen LogP contribution in [-0.4, -0.2) is 83.0 Å². The number of esters is 1. The Labute approximate surface area is 253 Å². The van der Waals surface area contributed by atoms with Gasteiger partial charge in [-0.15, -0.1) is 0 Å². The zero-order valence-electron chi connectivity index (χ0n) is 25.0. The molecular weight excluding hydrogens is 548 g/mol. The highest BCUT2D eigenvalue weighted by atomic mass is 16.5. The number of carbonyl (C=O) groups is 2. The number of benzene rings is 2. The van der Waals surface area contributed by atoms with Crippen LogP contribution in [0.4, 0.5) is 0 Å². The van der Waals surface area contributed by atoms with Gasteiger partial charge in [0, 0.05) is 51.2 Å². The van der Waals surface area contributed by atoms with E-state index in [4.69, 9.17) is 19.2 Å². The molecule has 1 saturated carbocycles. The Morgan fingerprint density at radius 1 is 1.09 bits per heavy atom. The molecule has 2 fully saturated rings. The Bertz CT molecular complexity index is 1360. The van der Waals surface area contributed by atoms with E-state index in [0.717, 1.165) is 30.5 Å². The minimum Gasteiger partial charge on any atom is -0.494 e. The molecule has 2 heterocycles. The highest BCUT2D eigenvalue weighted by Gasteiger charge is 2.42. The van der Waals surface area contributed by atoms with Gasteiger partial charge in [0.1, 0.15) is 17.1 Å². The van der Waals surface area contributed by atoms with Crippen LogP contribution in [0.3, 0.4) is 0 Å². The number of aromatic nitrogens is 2. The summed E-state index contributed by atoms with van der Waals surface area (Å²) in [5.74, 6) is 0.735. The average molecular weight is 591 g/mol. The molecule has 1 saturated heterocycles. The Morgan fingerprint density at radius 3 is 2.60 bits per heavy atom. The van der Waals surface area contributed by atoms with Gasteiger partial charge in [-0.05, 0) is 37.1 Å². The maximum Gasteiger partial charge on any atom is 0.310 e. The molecule has 2 aromatic carbocycles.